The van der Waals surface area contributed by atoms with Crippen molar-refractivity contribution in [2.24, 2.45) is 5.92 Å². The maximum absolute atomic E-state index is 12.9. The molecule has 0 radical (unpaired) electrons. The molecule has 0 saturated carbocycles. The van der Waals surface area contributed by atoms with Crippen LogP contribution in [0.5, 0.6) is 0 Å². The number of aliphatic hydroxyl groups is 5. The van der Waals surface area contributed by atoms with Gasteiger partial charge in [0.2, 0.25) is 23.7 Å². The number of rotatable bonds is 27. The highest BCUT2D eigenvalue weighted by atomic mass is 33.1. The van der Waals surface area contributed by atoms with Gasteiger partial charge in [-0.15, -0.1) is 0 Å². The lowest BCUT2D eigenvalue weighted by Gasteiger charge is -2.31. The van der Waals surface area contributed by atoms with Gasteiger partial charge >= 0.3 is 18.0 Å². The SMILES string of the molecule is C[C@@H](CCC(=O)NC[C@H](O)[C@@H](O)[C@H](O)[C@H](O)CO)C(=O)N[C@@H](C(=O)O)C(C)(C)SSCCOC(=O)NNC(=O)CC[C@H](NC(=O)c1ccc(NCc2cnc3nc(N)[nH]c(=N)c3n2)cc1)C(=O)O. The smallest absolute Gasteiger partial charge is 0.426 e. The number of fused-ring (bicyclic) bond motifs is 1. The van der Waals surface area contributed by atoms with Gasteiger partial charge in [0.05, 0.1) is 35.9 Å². The molecule has 0 unspecified atom stereocenters. The first-order valence-corrected chi connectivity index (χ1v) is 22.9. The largest absolute Gasteiger partial charge is 0.480 e. The minimum atomic E-state index is -1.87. The second-order valence-electron chi connectivity index (χ2n) is 15.5. The predicted molar refractivity (Wildman–Crippen MR) is 243 cm³/mol. The topological polar surface area (TPSA) is 447 Å². The highest BCUT2D eigenvalue weighted by Gasteiger charge is 2.38. The summed E-state index contributed by atoms with van der Waals surface area (Å²) in [6.45, 7) is 3.24. The van der Waals surface area contributed by atoms with Crippen LogP contribution in [0.3, 0.4) is 0 Å². The van der Waals surface area contributed by atoms with Gasteiger partial charge in [0.1, 0.15) is 37.0 Å². The summed E-state index contributed by atoms with van der Waals surface area (Å²) in [5.41, 5.74) is 11.3. The van der Waals surface area contributed by atoms with Gasteiger partial charge in [0, 0.05) is 42.3 Å². The van der Waals surface area contributed by atoms with E-state index < -0.39 is 108 Å². The molecule has 0 aliphatic carbocycles. The van der Waals surface area contributed by atoms with Crippen LogP contribution in [0.4, 0.5) is 16.4 Å². The summed E-state index contributed by atoms with van der Waals surface area (Å²) in [5.74, 6) is -6.20. The number of nitrogen functional groups attached to an aromatic ring is 1. The molecular formula is C39H56N12O15S2. The first kappa shape index (κ1) is 56.0. The zero-order valence-electron chi connectivity index (χ0n) is 36.9. The molecule has 374 valence electrons. The van der Waals surface area contributed by atoms with E-state index in [1.807, 2.05) is 5.43 Å². The predicted octanol–water partition coefficient (Wildman–Crippen LogP) is -2.55. The molecule has 68 heavy (non-hydrogen) atoms. The fourth-order valence-electron chi connectivity index (χ4n) is 5.71. The van der Waals surface area contributed by atoms with Crippen LogP contribution in [-0.4, -0.2) is 164 Å². The number of aromatic amines is 1. The van der Waals surface area contributed by atoms with Gasteiger partial charge in [-0.2, -0.15) is 4.98 Å². The summed E-state index contributed by atoms with van der Waals surface area (Å²) in [6.07, 6.45) is -7.72. The third-order valence-electron chi connectivity index (χ3n) is 9.70. The van der Waals surface area contributed by atoms with Crippen molar-refractivity contribution >= 4 is 86.0 Å². The molecule has 29 heteroatoms. The summed E-state index contributed by atoms with van der Waals surface area (Å²) >= 11 is 0. The second-order valence-corrected chi connectivity index (χ2v) is 18.6. The average molecular weight is 997 g/mol. The third kappa shape index (κ3) is 18.0. The number of H-pyrrole nitrogens is 1. The van der Waals surface area contributed by atoms with Crippen molar-refractivity contribution < 1.29 is 74.0 Å². The number of carbonyl (C=O) groups is 7. The molecule has 27 nitrogen and oxygen atoms in total. The Hall–Kier alpha value is -6.37. The summed E-state index contributed by atoms with van der Waals surface area (Å²) in [5, 5.41) is 85.5. The maximum Gasteiger partial charge on any atom is 0.426 e. The lowest BCUT2D eigenvalue weighted by Crippen LogP contribution is -2.53. The molecule has 2 aromatic heterocycles. The Labute approximate surface area is 395 Å². The highest BCUT2D eigenvalue weighted by Crippen LogP contribution is 2.38. The van der Waals surface area contributed by atoms with Crippen LogP contribution in [0.2, 0.25) is 0 Å². The number of benzene rings is 1. The summed E-state index contributed by atoms with van der Waals surface area (Å²) < 4.78 is 3.90. The van der Waals surface area contributed by atoms with Crippen LogP contribution in [0, 0.1) is 11.3 Å². The molecule has 7 atom stereocenters. The molecule has 0 aliphatic rings. The van der Waals surface area contributed by atoms with E-state index in [4.69, 9.17) is 21.0 Å². The quantitative estimate of drug-likeness (QED) is 0.0212. The Morgan fingerprint density at radius 2 is 1.56 bits per heavy atom. The minimum Gasteiger partial charge on any atom is -0.480 e. The molecule has 5 amide bonds. The number of hydrogen-bond acceptors (Lipinski definition) is 21. The number of nitrogens with two attached hydrogens (primary N) is 1. The first-order chi connectivity index (χ1) is 32.0. The van der Waals surface area contributed by atoms with Crippen molar-refractivity contribution in [2.75, 3.05) is 36.6 Å². The monoisotopic (exact) mass is 996 g/mol. The van der Waals surface area contributed by atoms with E-state index in [1.165, 1.54) is 25.3 Å². The van der Waals surface area contributed by atoms with Crippen LogP contribution >= 0.6 is 21.6 Å². The summed E-state index contributed by atoms with van der Waals surface area (Å²) in [4.78, 5) is 102. The van der Waals surface area contributed by atoms with Gasteiger partial charge < -0.3 is 72.5 Å². The van der Waals surface area contributed by atoms with E-state index in [-0.39, 0.29) is 66.3 Å². The number of hydrogen-bond donors (Lipinski definition) is 16. The number of nitrogens with zero attached hydrogens (tertiary/aromatic N) is 3. The van der Waals surface area contributed by atoms with Crippen LogP contribution < -0.4 is 43.3 Å². The minimum absolute atomic E-state index is 0.0223. The van der Waals surface area contributed by atoms with Gasteiger partial charge in [-0.3, -0.25) is 30.0 Å². The molecule has 1 aromatic carbocycles. The van der Waals surface area contributed by atoms with E-state index in [9.17, 15) is 64.2 Å². The number of carboxylic acid groups (broad SMARTS) is 2. The standard InChI is InChI=1S/C39H56N12O15S2/c1-18(4-10-25(55)43-16-23(53)28(57)29(58)24(54)17-52)33(59)47-30(36(63)64)39(2,3)68-67-13-12-66-38(65)51-50-26(56)11-9-22(35(61)62)46-34(60)19-5-7-20(8-6-19)42-14-21-15-44-32-27(45-21)31(40)48-37(41)49-32/h5-8,15,18,22-24,28-30,42,52-54,57-58H,4,9-14,16-17H2,1-3H3,(H,43,55)(H,46,60)(H,47,59)(H,50,56)(H,51,65)(H,61,62)(H,63,64)(H4,40,41,44,48,49)/t18-,22-,23-,24+,28+,29+,30-/m0/s1. The van der Waals surface area contributed by atoms with Crippen molar-refractivity contribution in [1.29, 1.82) is 5.41 Å². The van der Waals surface area contributed by atoms with Crippen molar-refractivity contribution in [3.63, 3.8) is 0 Å². The number of hydrazine groups is 1. The fraction of sp³-hybridized carbons (Fsp3) is 0.513. The maximum atomic E-state index is 12.9. The number of anilines is 2. The molecule has 0 aliphatic heterocycles. The Morgan fingerprint density at radius 3 is 2.21 bits per heavy atom. The number of nitrogens with one attached hydrogen (secondary N) is 8. The van der Waals surface area contributed by atoms with E-state index >= 15 is 0 Å². The molecule has 3 aromatic rings. The zero-order valence-corrected chi connectivity index (χ0v) is 38.6. The van der Waals surface area contributed by atoms with Crippen LogP contribution in [-0.2, 0) is 35.3 Å². The molecule has 17 N–H and O–H groups in total. The van der Waals surface area contributed by atoms with Crippen LogP contribution in [0.15, 0.2) is 30.5 Å². The normalized spacial score (nSPS) is 14.5. The molecule has 2 heterocycles. The van der Waals surface area contributed by atoms with Gasteiger partial charge in [-0.05, 0) is 51.0 Å². The van der Waals surface area contributed by atoms with E-state index in [1.54, 1.807) is 26.0 Å². The van der Waals surface area contributed by atoms with Gasteiger partial charge in [0.25, 0.3) is 5.91 Å². The highest BCUT2D eigenvalue weighted by molar-refractivity contribution is 8.77. The lowest BCUT2D eigenvalue weighted by atomic mass is 10.00. The van der Waals surface area contributed by atoms with Gasteiger partial charge in [-0.25, -0.2) is 29.8 Å². The Balaban J connectivity index is 1.33. The van der Waals surface area contributed by atoms with Crippen LogP contribution in [0.25, 0.3) is 11.2 Å². The van der Waals surface area contributed by atoms with Crippen molar-refractivity contribution in [2.45, 2.75) is 94.2 Å². The number of aliphatic carboxylic acids is 2. The molecular weight excluding hydrogens is 941 g/mol. The zero-order chi connectivity index (χ0) is 50.7. The van der Waals surface area contributed by atoms with E-state index in [0.29, 0.717) is 11.4 Å². The molecule has 0 fully saturated rings. The number of aromatic nitrogens is 4. The Morgan fingerprint density at radius 1 is 0.897 bits per heavy atom. The number of ether oxygens (including phenoxy) is 1. The van der Waals surface area contributed by atoms with E-state index in [2.05, 4.69) is 46.6 Å². The summed E-state index contributed by atoms with van der Waals surface area (Å²) in [6, 6.07) is 3.21. The fourth-order valence-corrected chi connectivity index (χ4v) is 8.15. The Kier molecular flexibility index (Phi) is 22.1. The third-order valence-corrected chi connectivity index (χ3v) is 13.0. The van der Waals surface area contributed by atoms with E-state index in [0.717, 1.165) is 21.6 Å². The lowest BCUT2D eigenvalue weighted by molar-refractivity contribution is -0.143. The summed E-state index contributed by atoms with van der Waals surface area (Å²) in [7, 11) is 2.20. The van der Waals surface area contributed by atoms with Crippen molar-refractivity contribution in [1.82, 2.24) is 46.7 Å². The molecule has 3 rings (SSSR count). The number of carbonyl (C=O) groups excluding carboxylic acids is 5. The first-order valence-electron chi connectivity index (χ1n) is 20.6. The number of amides is 5. The number of carboxylic acids is 2. The van der Waals surface area contributed by atoms with Crippen LogP contribution in [0.1, 0.15) is 62.5 Å². The van der Waals surface area contributed by atoms with Crippen molar-refractivity contribution in [3.05, 3.63) is 47.2 Å². The molecule has 0 bridgehead atoms. The Bertz CT molecular complexity index is 2290. The van der Waals surface area contributed by atoms with Gasteiger partial charge in [-0.1, -0.05) is 28.5 Å². The average Bonchev–Trinajstić information content (AvgIpc) is 3.30. The molecule has 0 saturated heterocycles. The second kappa shape index (κ2) is 26.8. The van der Waals surface area contributed by atoms with Gasteiger partial charge in [0.15, 0.2) is 16.7 Å². The number of aliphatic hydroxyl groups excluding tert-OH is 5. The molecule has 0 spiro atoms. The van der Waals surface area contributed by atoms with Crippen molar-refractivity contribution in [3.8, 4) is 0 Å².